The molecular formula is C20H25N3O2. The molecule has 0 aliphatic heterocycles. The number of hydrogen-bond donors (Lipinski definition) is 2. The van der Waals surface area contributed by atoms with E-state index in [0.717, 1.165) is 11.3 Å². The molecule has 5 nitrogen and oxygen atoms in total. The van der Waals surface area contributed by atoms with E-state index in [1.54, 1.807) is 12.1 Å². The summed E-state index contributed by atoms with van der Waals surface area (Å²) >= 11 is 0. The van der Waals surface area contributed by atoms with Gasteiger partial charge in [-0.2, -0.15) is 0 Å². The summed E-state index contributed by atoms with van der Waals surface area (Å²) in [7, 11) is 3.88. The lowest BCUT2D eigenvalue weighted by Gasteiger charge is -2.13. The zero-order valence-corrected chi connectivity index (χ0v) is 15.2. The highest BCUT2D eigenvalue weighted by Gasteiger charge is 2.13. The van der Waals surface area contributed by atoms with Crippen molar-refractivity contribution in [2.24, 2.45) is 0 Å². The van der Waals surface area contributed by atoms with Crippen LogP contribution >= 0.6 is 0 Å². The van der Waals surface area contributed by atoms with E-state index in [1.165, 1.54) is 5.56 Å². The molecule has 25 heavy (non-hydrogen) atoms. The largest absolute Gasteiger partial charge is 0.378 e. The summed E-state index contributed by atoms with van der Waals surface area (Å²) in [4.78, 5) is 25.9. The number of nitrogens with one attached hydrogen (secondary N) is 2. The highest BCUT2D eigenvalue weighted by atomic mass is 16.2. The molecule has 2 N–H and O–H groups in total. The first-order chi connectivity index (χ1) is 11.9. The van der Waals surface area contributed by atoms with Crippen molar-refractivity contribution in [3.05, 3.63) is 59.7 Å². The average Bonchev–Trinajstić information content (AvgIpc) is 2.60. The maximum atomic E-state index is 12.0. The van der Waals surface area contributed by atoms with Gasteiger partial charge in [-0.3, -0.25) is 9.59 Å². The Bertz CT molecular complexity index is 720. The second kappa shape index (κ2) is 8.33. The minimum atomic E-state index is -0.670. The first-order valence-corrected chi connectivity index (χ1v) is 8.32. The Labute approximate surface area is 149 Å². The van der Waals surface area contributed by atoms with Crippen LogP contribution in [0.25, 0.3) is 0 Å². The van der Waals surface area contributed by atoms with Crippen molar-refractivity contribution in [3.63, 3.8) is 0 Å². The van der Waals surface area contributed by atoms with Crippen molar-refractivity contribution in [1.29, 1.82) is 0 Å². The van der Waals surface area contributed by atoms with Gasteiger partial charge in [-0.05, 0) is 41.3 Å². The zero-order valence-electron chi connectivity index (χ0n) is 15.2. The first-order valence-electron chi connectivity index (χ1n) is 8.32. The van der Waals surface area contributed by atoms with Gasteiger partial charge in [-0.25, -0.2) is 0 Å². The lowest BCUT2D eigenvalue weighted by atomic mass is 10.0. The van der Waals surface area contributed by atoms with Crippen molar-refractivity contribution < 1.29 is 9.59 Å². The van der Waals surface area contributed by atoms with Crippen LogP contribution in [0.4, 0.5) is 11.4 Å². The van der Waals surface area contributed by atoms with Crippen molar-refractivity contribution >= 4 is 23.2 Å². The average molecular weight is 339 g/mol. The number of rotatable bonds is 5. The summed E-state index contributed by atoms with van der Waals surface area (Å²) in [5.41, 5.74) is 3.81. The van der Waals surface area contributed by atoms with Gasteiger partial charge in [0.2, 0.25) is 0 Å². The Morgan fingerprint density at radius 2 is 1.52 bits per heavy atom. The lowest BCUT2D eigenvalue weighted by Crippen LogP contribution is -2.34. The SMILES string of the molecule is CC(C)c1ccc(CNC(=O)C(=O)Nc2ccc(N(C)C)cc2)cc1. The van der Waals surface area contributed by atoms with Crippen molar-refractivity contribution in [1.82, 2.24) is 5.32 Å². The maximum absolute atomic E-state index is 12.0. The van der Waals surface area contributed by atoms with E-state index in [0.29, 0.717) is 18.2 Å². The van der Waals surface area contributed by atoms with Crippen LogP contribution in [0.5, 0.6) is 0 Å². The van der Waals surface area contributed by atoms with E-state index in [9.17, 15) is 9.59 Å². The zero-order chi connectivity index (χ0) is 18.4. The molecule has 2 aromatic carbocycles. The van der Waals surface area contributed by atoms with Gasteiger partial charge in [-0.15, -0.1) is 0 Å². The van der Waals surface area contributed by atoms with Crippen LogP contribution in [0.2, 0.25) is 0 Å². The molecule has 0 unspecified atom stereocenters. The molecule has 0 heterocycles. The second-order valence-corrected chi connectivity index (χ2v) is 6.47. The van der Waals surface area contributed by atoms with Gasteiger partial charge in [-0.1, -0.05) is 38.1 Å². The molecule has 2 aromatic rings. The molecule has 2 rings (SSSR count). The van der Waals surface area contributed by atoms with Crippen molar-refractivity contribution in [2.75, 3.05) is 24.3 Å². The van der Waals surface area contributed by atoms with Crippen molar-refractivity contribution in [3.8, 4) is 0 Å². The van der Waals surface area contributed by atoms with Crippen LogP contribution in [0.3, 0.4) is 0 Å². The molecule has 132 valence electrons. The maximum Gasteiger partial charge on any atom is 0.313 e. The highest BCUT2D eigenvalue weighted by Crippen LogP contribution is 2.16. The molecule has 5 heteroatoms. The number of carbonyl (C=O) groups excluding carboxylic acids is 2. The second-order valence-electron chi connectivity index (χ2n) is 6.47. The van der Waals surface area contributed by atoms with Gasteiger partial charge < -0.3 is 15.5 Å². The molecule has 2 amide bonds. The molecule has 0 saturated heterocycles. The van der Waals surface area contributed by atoms with E-state index in [1.807, 2.05) is 55.4 Å². The van der Waals surface area contributed by atoms with Gasteiger partial charge in [0.15, 0.2) is 0 Å². The number of carbonyl (C=O) groups is 2. The molecule has 0 radical (unpaired) electrons. The third kappa shape index (κ3) is 5.35. The Morgan fingerprint density at radius 1 is 0.920 bits per heavy atom. The molecule has 0 atom stereocenters. The predicted molar refractivity (Wildman–Crippen MR) is 102 cm³/mol. The fourth-order valence-corrected chi connectivity index (χ4v) is 2.31. The number of anilines is 2. The standard InChI is InChI=1S/C20H25N3O2/c1-14(2)16-7-5-15(6-8-16)13-21-19(24)20(25)22-17-9-11-18(12-10-17)23(3)4/h5-12,14H,13H2,1-4H3,(H,21,24)(H,22,25). The number of benzene rings is 2. The molecule has 0 aromatic heterocycles. The molecule has 0 aliphatic rings. The molecule has 0 saturated carbocycles. The number of hydrogen-bond acceptors (Lipinski definition) is 3. The van der Waals surface area contributed by atoms with Gasteiger partial charge in [0.1, 0.15) is 0 Å². The normalized spacial score (nSPS) is 10.4. The molecule has 0 aliphatic carbocycles. The molecule has 0 bridgehead atoms. The third-order valence-electron chi connectivity index (χ3n) is 3.95. The van der Waals surface area contributed by atoms with Crippen molar-refractivity contribution in [2.45, 2.75) is 26.3 Å². The van der Waals surface area contributed by atoms with Crippen LogP contribution in [-0.4, -0.2) is 25.9 Å². The number of nitrogens with zero attached hydrogens (tertiary/aromatic N) is 1. The Morgan fingerprint density at radius 3 is 2.04 bits per heavy atom. The van der Waals surface area contributed by atoms with Gasteiger partial charge >= 0.3 is 11.8 Å². The van der Waals surface area contributed by atoms with Gasteiger partial charge in [0, 0.05) is 32.0 Å². The monoisotopic (exact) mass is 339 g/mol. The summed E-state index contributed by atoms with van der Waals surface area (Å²) in [5.74, 6) is -0.852. The van der Waals surface area contributed by atoms with Crippen LogP contribution in [0.15, 0.2) is 48.5 Å². The quantitative estimate of drug-likeness (QED) is 0.823. The fourth-order valence-electron chi connectivity index (χ4n) is 2.31. The van der Waals surface area contributed by atoms with Crippen LogP contribution in [0.1, 0.15) is 30.9 Å². The highest BCUT2D eigenvalue weighted by molar-refractivity contribution is 6.39. The first kappa shape index (κ1) is 18.5. The Hall–Kier alpha value is -2.82. The Kier molecular flexibility index (Phi) is 6.17. The van der Waals surface area contributed by atoms with Crippen LogP contribution in [0, 0.1) is 0 Å². The minimum Gasteiger partial charge on any atom is -0.378 e. The van der Waals surface area contributed by atoms with Gasteiger partial charge in [0.05, 0.1) is 0 Å². The smallest absolute Gasteiger partial charge is 0.313 e. The Balaban J connectivity index is 1.86. The van der Waals surface area contributed by atoms with E-state index in [2.05, 4.69) is 24.5 Å². The molecular weight excluding hydrogens is 314 g/mol. The van der Waals surface area contributed by atoms with Gasteiger partial charge in [0.25, 0.3) is 0 Å². The third-order valence-corrected chi connectivity index (χ3v) is 3.95. The van der Waals surface area contributed by atoms with Crippen LogP contribution < -0.4 is 15.5 Å². The summed E-state index contributed by atoms with van der Waals surface area (Å²) in [6, 6.07) is 15.3. The summed E-state index contributed by atoms with van der Waals surface area (Å²) in [5, 5.41) is 5.24. The van der Waals surface area contributed by atoms with E-state index < -0.39 is 11.8 Å². The predicted octanol–water partition coefficient (Wildman–Crippen LogP) is 3.13. The summed E-state index contributed by atoms with van der Waals surface area (Å²) in [6.45, 7) is 4.59. The molecule has 0 spiro atoms. The minimum absolute atomic E-state index is 0.324. The van der Waals surface area contributed by atoms with E-state index in [-0.39, 0.29) is 0 Å². The van der Waals surface area contributed by atoms with E-state index >= 15 is 0 Å². The summed E-state index contributed by atoms with van der Waals surface area (Å²) < 4.78 is 0. The van der Waals surface area contributed by atoms with E-state index in [4.69, 9.17) is 0 Å². The number of amides is 2. The van der Waals surface area contributed by atoms with Crippen LogP contribution in [-0.2, 0) is 16.1 Å². The fraction of sp³-hybridized carbons (Fsp3) is 0.300. The summed E-state index contributed by atoms with van der Waals surface area (Å²) in [6.07, 6.45) is 0. The topological polar surface area (TPSA) is 61.4 Å². The lowest BCUT2D eigenvalue weighted by molar-refractivity contribution is -0.136. The molecule has 0 fully saturated rings.